The van der Waals surface area contributed by atoms with Crippen molar-refractivity contribution in [3.05, 3.63) is 30.1 Å². The largest absolute Gasteiger partial charge is 0.348 e. The van der Waals surface area contributed by atoms with Crippen LogP contribution in [0.4, 0.5) is 4.79 Å². The Morgan fingerprint density at radius 3 is 2.62 bits per heavy atom. The van der Waals surface area contributed by atoms with E-state index in [4.69, 9.17) is 0 Å². The van der Waals surface area contributed by atoms with Gasteiger partial charge in [0.2, 0.25) is 5.91 Å². The van der Waals surface area contributed by atoms with Crippen LogP contribution in [-0.4, -0.2) is 39.8 Å². The van der Waals surface area contributed by atoms with Gasteiger partial charge in [0.1, 0.15) is 12.1 Å². The molecule has 2 fully saturated rings. The molecule has 1 atom stereocenters. The molecule has 0 radical (unpaired) electrons. The SMILES string of the molecule is CC(NC(=O)CN1C(=O)NC2(CCCCC2)C1=O)c1ccncc1. The van der Waals surface area contributed by atoms with Crippen LogP contribution in [0.2, 0.25) is 0 Å². The van der Waals surface area contributed by atoms with Crippen LogP contribution in [0.5, 0.6) is 0 Å². The predicted octanol–water partition coefficient (Wildman–Crippen LogP) is 1.51. The first kappa shape index (κ1) is 16.4. The third kappa shape index (κ3) is 3.11. The summed E-state index contributed by atoms with van der Waals surface area (Å²) in [6.07, 6.45) is 7.54. The number of amides is 4. The fourth-order valence-corrected chi connectivity index (χ4v) is 3.48. The summed E-state index contributed by atoms with van der Waals surface area (Å²) in [6, 6.07) is 2.95. The smallest absolute Gasteiger partial charge is 0.325 e. The van der Waals surface area contributed by atoms with Gasteiger partial charge in [-0.15, -0.1) is 0 Å². The van der Waals surface area contributed by atoms with Gasteiger partial charge in [0.05, 0.1) is 6.04 Å². The van der Waals surface area contributed by atoms with Crippen LogP contribution in [0.25, 0.3) is 0 Å². The van der Waals surface area contributed by atoms with Crippen molar-refractivity contribution in [3.63, 3.8) is 0 Å². The Hall–Kier alpha value is -2.44. The molecule has 2 heterocycles. The van der Waals surface area contributed by atoms with E-state index in [2.05, 4.69) is 15.6 Å². The van der Waals surface area contributed by atoms with E-state index in [1.54, 1.807) is 12.4 Å². The molecule has 1 aliphatic heterocycles. The lowest BCUT2D eigenvalue weighted by atomic mass is 9.82. The second-order valence-corrected chi connectivity index (χ2v) is 6.53. The monoisotopic (exact) mass is 330 g/mol. The minimum Gasteiger partial charge on any atom is -0.348 e. The highest BCUT2D eigenvalue weighted by molar-refractivity contribution is 6.09. The highest BCUT2D eigenvalue weighted by atomic mass is 16.2. The Morgan fingerprint density at radius 1 is 1.29 bits per heavy atom. The second-order valence-electron chi connectivity index (χ2n) is 6.53. The predicted molar refractivity (Wildman–Crippen MR) is 86.9 cm³/mol. The fourth-order valence-electron chi connectivity index (χ4n) is 3.48. The van der Waals surface area contributed by atoms with Crippen molar-refractivity contribution in [1.82, 2.24) is 20.5 Å². The third-order valence-corrected chi connectivity index (χ3v) is 4.84. The standard InChI is InChI=1S/C17H22N4O3/c1-12(13-5-9-18-10-6-13)19-14(22)11-21-15(23)17(20-16(21)24)7-3-2-4-8-17/h5-6,9-10,12H,2-4,7-8,11H2,1H3,(H,19,22)(H,20,24). The van der Waals surface area contributed by atoms with Gasteiger partial charge in [0.15, 0.2) is 0 Å². The zero-order valence-electron chi connectivity index (χ0n) is 13.7. The van der Waals surface area contributed by atoms with Crippen LogP contribution in [-0.2, 0) is 9.59 Å². The summed E-state index contributed by atoms with van der Waals surface area (Å²) in [5.74, 6) is -0.616. The van der Waals surface area contributed by atoms with Crippen molar-refractivity contribution >= 4 is 17.8 Å². The van der Waals surface area contributed by atoms with E-state index < -0.39 is 11.6 Å². The molecule has 1 saturated heterocycles. The number of rotatable bonds is 4. The zero-order valence-corrected chi connectivity index (χ0v) is 13.7. The quantitative estimate of drug-likeness (QED) is 0.819. The third-order valence-electron chi connectivity index (χ3n) is 4.84. The number of imide groups is 1. The van der Waals surface area contributed by atoms with Crippen LogP contribution in [0.1, 0.15) is 50.6 Å². The van der Waals surface area contributed by atoms with Gasteiger partial charge in [-0.1, -0.05) is 19.3 Å². The maximum atomic E-state index is 12.6. The maximum absolute atomic E-state index is 12.6. The molecule has 0 aromatic carbocycles. The van der Waals surface area contributed by atoms with Gasteiger partial charge in [0.25, 0.3) is 5.91 Å². The molecular formula is C17H22N4O3. The second kappa shape index (κ2) is 6.59. The molecule has 1 aromatic rings. The number of nitrogens with zero attached hydrogens (tertiary/aromatic N) is 2. The minimum absolute atomic E-state index is 0.218. The summed E-state index contributed by atoms with van der Waals surface area (Å²) in [5, 5.41) is 5.62. The molecule has 128 valence electrons. The molecule has 1 saturated carbocycles. The van der Waals surface area contributed by atoms with E-state index in [1.807, 2.05) is 19.1 Å². The first-order valence-electron chi connectivity index (χ1n) is 8.35. The Bertz CT molecular complexity index is 640. The highest BCUT2D eigenvalue weighted by Gasteiger charge is 2.51. The number of nitrogens with one attached hydrogen (secondary N) is 2. The lowest BCUT2D eigenvalue weighted by Crippen LogP contribution is -2.49. The Labute approximate surface area is 140 Å². The fraction of sp³-hybridized carbons (Fsp3) is 0.529. The number of carbonyl (C=O) groups excluding carboxylic acids is 3. The lowest BCUT2D eigenvalue weighted by Gasteiger charge is -2.30. The highest BCUT2D eigenvalue weighted by Crippen LogP contribution is 2.33. The number of aromatic nitrogens is 1. The van der Waals surface area contributed by atoms with Crippen molar-refractivity contribution in [1.29, 1.82) is 0 Å². The van der Waals surface area contributed by atoms with E-state index >= 15 is 0 Å². The number of hydrogen-bond donors (Lipinski definition) is 2. The molecule has 0 bridgehead atoms. The zero-order chi connectivity index (χ0) is 17.2. The van der Waals surface area contributed by atoms with Gasteiger partial charge in [-0.2, -0.15) is 0 Å². The van der Waals surface area contributed by atoms with E-state index in [9.17, 15) is 14.4 Å². The number of pyridine rings is 1. The van der Waals surface area contributed by atoms with Gasteiger partial charge in [-0.05, 0) is 37.5 Å². The molecule has 3 rings (SSSR count). The molecular weight excluding hydrogens is 308 g/mol. The summed E-state index contributed by atoms with van der Waals surface area (Å²) in [4.78, 5) is 42.0. The first-order chi connectivity index (χ1) is 11.5. The number of urea groups is 1. The maximum Gasteiger partial charge on any atom is 0.325 e. The molecule has 7 nitrogen and oxygen atoms in total. The van der Waals surface area contributed by atoms with Gasteiger partial charge in [-0.25, -0.2) is 4.79 Å². The summed E-state index contributed by atoms with van der Waals surface area (Å²) in [5.41, 5.74) is 0.131. The van der Waals surface area contributed by atoms with E-state index in [0.717, 1.165) is 29.7 Å². The molecule has 4 amide bonds. The van der Waals surface area contributed by atoms with Crippen molar-refractivity contribution in [2.24, 2.45) is 0 Å². The topological polar surface area (TPSA) is 91.4 Å². The van der Waals surface area contributed by atoms with Crippen molar-refractivity contribution in [2.45, 2.75) is 50.6 Å². The molecule has 7 heteroatoms. The van der Waals surface area contributed by atoms with Crippen LogP contribution >= 0.6 is 0 Å². The van der Waals surface area contributed by atoms with Crippen molar-refractivity contribution in [2.75, 3.05) is 6.54 Å². The van der Waals surface area contributed by atoms with E-state index in [0.29, 0.717) is 12.8 Å². The van der Waals surface area contributed by atoms with Gasteiger partial charge >= 0.3 is 6.03 Å². The van der Waals surface area contributed by atoms with E-state index in [-0.39, 0.29) is 24.4 Å². The molecule has 1 aromatic heterocycles. The number of carbonyl (C=O) groups is 3. The summed E-state index contributed by atoms with van der Waals surface area (Å²) in [7, 11) is 0. The summed E-state index contributed by atoms with van der Waals surface area (Å²) >= 11 is 0. The summed E-state index contributed by atoms with van der Waals surface area (Å²) < 4.78 is 0. The van der Waals surface area contributed by atoms with Crippen molar-refractivity contribution in [3.8, 4) is 0 Å². The normalized spacial score (nSPS) is 20.8. The Kier molecular flexibility index (Phi) is 4.51. The average Bonchev–Trinajstić information content (AvgIpc) is 2.80. The van der Waals surface area contributed by atoms with Crippen LogP contribution in [0, 0.1) is 0 Å². The van der Waals surface area contributed by atoms with Crippen molar-refractivity contribution < 1.29 is 14.4 Å². The molecule has 1 aliphatic carbocycles. The first-order valence-corrected chi connectivity index (χ1v) is 8.35. The average molecular weight is 330 g/mol. The molecule has 24 heavy (non-hydrogen) atoms. The van der Waals surface area contributed by atoms with Crippen LogP contribution in [0.3, 0.4) is 0 Å². The number of hydrogen-bond acceptors (Lipinski definition) is 4. The Morgan fingerprint density at radius 2 is 1.96 bits per heavy atom. The van der Waals surface area contributed by atoms with Crippen LogP contribution in [0.15, 0.2) is 24.5 Å². The van der Waals surface area contributed by atoms with Gasteiger partial charge < -0.3 is 10.6 Å². The lowest BCUT2D eigenvalue weighted by molar-refractivity contribution is -0.136. The molecule has 1 spiro atoms. The van der Waals surface area contributed by atoms with E-state index in [1.165, 1.54) is 0 Å². The van der Waals surface area contributed by atoms with Gasteiger partial charge in [0, 0.05) is 12.4 Å². The Balaban J connectivity index is 1.62. The van der Waals surface area contributed by atoms with Crippen LogP contribution < -0.4 is 10.6 Å². The molecule has 1 unspecified atom stereocenters. The summed E-state index contributed by atoms with van der Waals surface area (Å²) in [6.45, 7) is 1.60. The van der Waals surface area contributed by atoms with Gasteiger partial charge in [-0.3, -0.25) is 19.5 Å². The molecule has 2 N–H and O–H groups in total. The molecule has 2 aliphatic rings. The minimum atomic E-state index is -0.785.